The van der Waals surface area contributed by atoms with Crippen LogP contribution < -0.4 is 0 Å². The first-order chi connectivity index (χ1) is 13.9. The molecule has 4 aliphatic carbocycles. The van der Waals surface area contributed by atoms with E-state index in [4.69, 9.17) is 9.47 Å². The molecule has 10 atom stereocenters. The minimum atomic E-state index is -0.262. The lowest BCUT2D eigenvalue weighted by Crippen LogP contribution is -2.52. The maximum atomic E-state index is 6.91. The van der Waals surface area contributed by atoms with Gasteiger partial charge in [0, 0.05) is 12.3 Å². The third-order valence-corrected chi connectivity index (χ3v) is 11.3. The van der Waals surface area contributed by atoms with E-state index < -0.39 is 0 Å². The van der Waals surface area contributed by atoms with Gasteiger partial charge in [0.15, 0.2) is 5.79 Å². The molecule has 2 nitrogen and oxygen atoms in total. The van der Waals surface area contributed by atoms with Crippen molar-refractivity contribution in [1.29, 1.82) is 0 Å². The van der Waals surface area contributed by atoms with E-state index >= 15 is 0 Å². The zero-order valence-electron chi connectivity index (χ0n) is 19.2. The van der Waals surface area contributed by atoms with Gasteiger partial charge in [0.25, 0.3) is 0 Å². The molecule has 3 saturated carbocycles. The number of hydrogen-bond donors (Lipinski definition) is 0. The van der Waals surface area contributed by atoms with Crippen LogP contribution in [0, 0.1) is 46.3 Å². The summed E-state index contributed by atoms with van der Waals surface area (Å²) in [6, 6.07) is 0. The zero-order valence-corrected chi connectivity index (χ0v) is 19.2. The first-order valence-electron chi connectivity index (χ1n) is 12.9. The van der Waals surface area contributed by atoms with E-state index in [1.54, 1.807) is 0 Å². The van der Waals surface area contributed by atoms with Crippen molar-refractivity contribution in [3.8, 4) is 0 Å². The summed E-state index contributed by atoms with van der Waals surface area (Å²) in [5, 5.41) is 0. The first kappa shape index (κ1) is 19.4. The lowest BCUT2D eigenvalue weighted by Gasteiger charge is -2.58. The number of fused-ring (bicyclic) bond motifs is 7. The summed E-state index contributed by atoms with van der Waals surface area (Å²) in [6.45, 7) is 11.0. The Kier molecular flexibility index (Phi) is 4.23. The molecule has 5 fully saturated rings. The molecule has 1 spiro atoms. The van der Waals surface area contributed by atoms with Gasteiger partial charge in [-0.15, -0.1) is 0 Å². The molecule has 0 aromatic rings. The van der Waals surface area contributed by atoms with E-state index in [1.807, 2.05) is 5.57 Å². The van der Waals surface area contributed by atoms with Crippen molar-refractivity contribution in [2.24, 2.45) is 46.3 Å². The SMILES string of the molecule is C[C@@H]1CC[C@@]2(OC1)O[C@H]1C[C@@H]3[C@@H]4CC=C5CCCC[C@]5(C)[C@H]4CC[C@]3(C)[C@@H]1[C@@H]2C. The molecule has 0 aromatic carbocycles. The molecule has 0 radical (unpaired) electrons. The van der Waals surface area contributed by atoms with Crippen LogP contribution in [0.15, 0.2) is 11.6 Å². The van der Waals surface area contributed by atoms with E-state index in [-0.39, 0.29) is 5.79 Å². The van der Waals surface area contributed by atoms with Crippen molar-refractivity contribution < 1.29 is 9.47 Å². The second kappa shape index (κ2) is 6.35. The lowest BCUT2D eigenvalue weighted by atomic mass is 9.47. The fourth-order valence-corrected chi connectivity index (χ4v) is 9.72. The maximum Gasteiger partial charge on any atom is 0.171 e. The molecule has 6 aliphatic rings. The zero-order chi connectivity index (χ0) is 20.0. The topological polar surface area (TPSA) is 18.5 Å². The summed E-state index contributed by atoms with van der Waals surface area (Å²) < 4.78 is 13.4. The van der Waals surface area contributed by atoms with Crippen LogP contribution in [-0.4, -0.2) is 18.5 Å². The quantitative estimate of drug-likeness (QED) is 0.420. The Labute approximate surface area is 178 Å². The van der Waals surface area contributed by atoms with Gasteiger partial charge in [-0.25, -0.2) is 0 Å². The van der Waals surface area contributed by atoms with Gasteiger partial charge in [0.2, 0.25) is 0 Å². The van der Waals surface area contributed by atoms with E-state index in [0.717, 1.165) is 30.8 Å². The third kappa shape index (κ3) is 2.48. The average molecular weight is 399 g/mol. The van der Waals surface area contributed by atoms with E-state index in [2.05, 4.69) is 33.8 Å². The molecule has 0 bridgehead atoms. The van der Waals surface area contributed by atoms with Gasteiger partial charge >= 0.3 is 0 Å². The Morgan fingerprint density at radius 2 is 1.86 bits per heavy atom. The lowest BCUT2D eigenvalue weighted by molar-refractivity contribution is -0.272. The summed E-state index contributed by atoms with van der Waals surface area (Å²) in [7, 11) is 0. The highest BCUT2D eigenvalue weighted by Gasteiger charge is 2.68. The summed E-state index contributed by atoms with van der Waals surface area (Å²) in [6.07, 6.45) is 16.7. The van der Waals surface area contributed by atoms with Gasteiger partial charge in [-0.2, -0.15) is 0 Å². The third-order valence-electron chi connectivity index (χ3n) is 11.3. The van der Waals surface area contributed by atoms with Gasteiger partial charge in [-0.1, -0.05) is 45.8 Å². The number of allylic oxidation sites excluding steroid dienone is 2. The molecule has 29 heavy (non-hydrogen) atoms. The Morgan fingerprint density at radius 1 is 1.00 bits per heavy atom. The van der Waals surface area contributed by atoms with E-state index in [9.17, 15) is 0 Å². The summed E-state index contributed by atoms with van der Waals surface area (Å²) in [4.78, 5) is 0. The normalized spacial score (nSPS) is 58.9. The van der Waals surface area contributed by atoms with Crippen LogP contribution in [0.5, 0.6) is 0 Å². The summed E-state index contributed by atoms with van der Waals surface area (Å²) >= 11 is 0. The Balaban J connectivity index is 1.29. The minimum Gasteiger partial charge on any atom is -0.349 e. The summed E-state index contributed by atoms with van der Waals surface area (Å²) in [5.41, 5.74) is 2.80. The highest BCUT2D eigenvalue weighted by molar-refractivity contribution is 5.25. The molecular weight excluding hydrogens is 356 g/mol. The molecular formula is C27H42O2. The molecule has 0 N–H and O–H groups in total. The van der Waals surface area contributed by atoms with Crippen LogP contribution in [0.25, 0.3) is 0 Å². The van der Waals surface area contributed by atoms with Gasteiger partial charge in [-0.05, 0) is 91.8 Å². The van der Waals surface area contributed by atoms with Crippen LogP contribution >= 0.6 is 0 Å². The van der Waals surface area contributed by atoms with Crippen LogP contribution in [-0.2, 0) is 9.47 Å². The highest BCUT2D eigenvalue weighted by atomic mass is 16.7. The van der Waals surface area contributed by atoms with Crippen molar-refractivity contribution in [3.63, 3.8) is 0 Å². The predicted octanol–water partition coefficient (Wildman–Crippen LogP) is 6.74. The van der Waals surface area contributed by atoms with Crippen molar-refractivity contribution >= 4 is 0 Å². The molecule has 2 aliphatic heterocycles. The van der Waals surface area contributed by atoms with Crippen LogP contribution in [0.1, 0.15) is 91.9 Å². The molecule has 2 heteroatoms. The molecule has 162 valence electrons. The summed E-state index contributed by atoms with van der Waals surface area (Å²) in [5.74, 6) is 4.35. The molecule has 0 aromatic heterocycles. The van der Waals surface area contributed by atoms with Gasteiger partial charge in [-0.3, -0.25) is 0 Å². The second-order valence-corrected chi connectivity index (χ2v) is 12.5. The minimum absolute atomic E-state index is 0.262. The van der Waals surface area contributed by atoms with Crippen molar-refractivity contribution in [2.45, 2.75) is 104 Å². The standard InChI is InChI=1S/C27H42O2/c1-17-10-14-27(28-16-17)18(2)24-23(29-27)15-22-20-9-8-19-7-5-6-12-25(19,3)21(20)11-13-26(22,24)4/h8,17-18,20-24H,5-7,9-16H2,1-4H3/t17-,18+,20-,21+,22-,23+,24-,25+,26+,27-/m1/s1. The molecule has 2 heterocycles. The predicted molar refractivity (Wildman–Crippen MR) is 116 cm³/mol. The molecule has 2 saturated heterocycles. The number of hydrogen-bond acceptors (Lipinski definition) is 2. The monoisotopic (exact) mass is 398 g/mol. The van der Waals surface area contributed by atoms with Crippen LogP contribution in [0.2, 0.25) is 0 Å². The van der Waals surface area contributed by atoms with Crippen LogP contribution in [0.4, 0.5) is 0 Å². The fourth-order valence-electron chi connectivity index (χ4n) is 9.72. The Bertz CT molecular complexity index is 703. The second-order valence-electron chi connectivity index (χ2n) is 12.5. The van der Waals surface area contributed by atoms with Gasteiger partial charge in [0.1, 0.15) is 0 Å². The number of rotatable bonds is 0. The van der Waals surface area contributed by atoms with Crippen molar-refractivity contribution in [3.05, 3.63) is 11.6 Å². The average Bonchev–Trinajstić information content (AvgIpc) is 3.15. The van der Waals surface area contributed by atoms with E-state index in [1.165, 1.54) is 57.8 Å². The number of ether oxygens (including phenoxy) is 2. The fraction of sp³-hybridized carbons (Fsp3) is 0.926. The van der Waals surface area contributed by atoms with Crippen molar-refractivity contribution in [1.82, 2.24) is 0 Å². The Morgan fingerprint density at radius 3 is 2.66 bits per heavy atom. The first-order valence-corrected chi connectivity index (χ1v) is 12.9. The van der Waals surface area contributed by atoms with Crippen molar-refractivity contribution in [2.75, 3.05) is 6.61 Å². The van der Waals surface area contributed by atoms with E-state index in [0.29, 0.717) is 34.7 Å². The van der Waals surface area contributed by atoms with Crippen LogP contribution in [0.3, 0.4) is 0 Å². The highest BCUT2D eigenvalue weighted by Crippen LogP contribution is 2.70. The van der Waals surface area contributed by atoms with Gasteiger partial charge < -0.3 is 9.47 Å². The molecule has 0 amide bonds. The molecule has 0 unspecified atom stereocenters. The molecule has 6 rings (SSSR count). The maximum absolute atomic E-state index is 6.91. The largest absolute Gasteiger partial charge is 0.349 e. The smallest absolute Gasteiger partial charge is 0.171 e. The Hall–Kier alpha value is -0.340. The van der Waals surface area contributed by atoms with Gasteiger partial charge in [0.05, 0.1) is 12.7 Å².